The lowest BCUT2D eigenvalue weighted by atomic mass is 10.1. The molecule has 0 atom stereocenters. The van der Waals surface area contributed by atoms with E-state index >= 15 is 0 Å². The molecule has 0 aliphatic rings. The predicted molar refractivity (Wildman–Crippen MR) is 66.8 cm³/mol. The number of nitriles is 1. The van der Waals surface area contributed by atoms with E-state index in [-0.39, 0.29) is 4.64 Å². The SMILES string of the molecule is N#Cc1ccc(-c2ccc(C(F)(F)F)cc2)[nH]c1=S. The van der Waals surface area contributed by atoms with Crippen molar-refractivity contribution >= 4 is 12.2 Å². The highest BCUT2D eigenvalue weighted by Crippen LogP contribution is 2.30. The van der Waals surface area contributed by atoms with E-state index < -0.39 is 11.7 Å². The van der Waals surface area contributed by atoms with Gasteiger partial charge in [-0.05, 0) is 29.8 Å². The van der Waals surface area contributed by atoms with E-state index in [2.05, 4.69) is 4.98 Å². The van der Waals surface area contributed by atoms with Crippen LogP contribution in [0.2, 0.25) is 0 Å². The van der Waals surface area contributed by atoms with Gasteiger partial charge in [0, 0.05) is 5.69 Å². The molecule has 0 aliphatic carbocycles. The van der Waals surface area contributed by atoms with Gasteiger partial charge in [-0.25, -0.2) is 0 Å². The van der Waals surface area contributed by atoms with E-state index in [9.17, 15) is 13.2 Å². The summed E-state index contributed by atoms with van der Waals surface area (Å²) < 4.78 is 37.5. The Kier molecular flexibility index (Phi) is 3.40. The first-order chi connectivity index (χ1) is 8.91. The van der Waals surface area contributed by atoms with Crippen LogP contribution in [0.1, 0.15) is 11.1 Å². The van der Waals surface area contributed by atoms with Crippen LogP contribution in [0, 0.1) is 16.0 Å². The van der Waals surface area contributed by atoms with Crippen LogP contribution in [0.3, 0.4) is 0 Å². The summed E-state index contributed by atoms with van der Waals surface area (Å²) in [6.07, 6.45) is -4.35. The molecule has 6 heteroatoms. The lowest BCUT2D eigenvalue weighted by molar-refractivity contribution is -0.137. The number of halogens is 3. The second kappa shape index (κ2) is 4.86. The van der Waals surface area contributed by atoms with Gasteiger partial charge >= 0.3 is 6.18 Å². The molecule has 2 rings (SSSR count). The van der Waals surface area contributed by atoms with Crippen LogP contribution in [0.5, 0.6) is 0 Å². The molecule has 1 aromatic heterocycles. The number of benzene rings is 1. The summed E-state index contributed by atoms with van der Waals surface area (Å²) in [7, 11) is 0. The van der Waals surface area contributed by atoms with Crippen LogP contribution < -0.4 is 0 Å². The van der Waals surface area contributed by atoms with Gasteiger partial charge in [-0.3, -0.25) is 0 Å². The van der Waals surface area contributed by atoms with Crippen molar-refractivity contribution in [3.05, 3.63) is 52.2 Å². The zero-order valence-corrected chi connectivity index (χ0v) is 10.3. The zero-order chi connectivity index (χ0) is 14.0. The quantitative estimate of drug-likeness (QED) is 0.791. The number of hydrogen-bond acceptors (Lipinski definition) is 2. The van der Waals surface area contributed by atoms with Crippen molar-refractivity contribution in [1.82, 2.24) is 4.98 Å². The van der Waals surface area contributed by atoms with Gasteiger partial charge in [0.15, 0.2) is 0 Å². The minimum atomic E-state index is -4.35. The van der Waals surface area contributed by atoms with E-state index in [1.165, 1.54) is 18.2 Å². The normalized spacial score (nSPS) is 11.1. The average Bonchev–Trinajstić information content (AvgIpc) is 2.38. The molecule has 0 saturated heterocycles. The summed E-state index contributed by atoms with van der Waals surface area (Å²) in [4.78, 5) is 2.81. The molecular weight excluding hydrogens is 273 g/mol. The Morgan fingerprint density at radius 1 is 1.05 bits per heavy atom. The molecule has 0 amide bonds. The highest BCUT2D eigenvalue weighted by atomic mass is 32.1. The van der Waals surface area contributed by atoms with Gasteiger partial charge in [0.1, 0.15) is 10.7 Å². The number of nitrogens with one attached hydrogen (secondary N) is 1. The Labute approximate surface area is 112 Å². The fourth-order valence-electron chi connectivity index (χ4n) is 1.57. The van der Waals surface area contributed by atoms with Gasteiger partial charge in [-0.1, -0.05) is 24.4 Å². The second-order valence-corrected chi connectivity index (χ2v) is 4.21. The van der Waals surface area contributed by atoms with Crippen LogP contribution in [0.25, 0.3) is 11.3 Å². The first kappa shape index (κ1) is 13.3. The van der Waals surface area contributed by atoms with Gasteiger partial charge < -0.3 is 4.98 Å². The van der Waals surface area contributed by atoms with Crippen molar-refractivity contribution in [3.8, 4) is 17.3 Å². The highest BCUT2D eigenvalue weighted by molar-refractivity contribution is 7.71. The van der Waals surface area contributed by atoms with Crippen LogP contribution in [0.4, 0.5) is 13.2 Å². The van der Waals surface area contributed by atoms with Crippen molar-refractivity contribution in [1.29, 1.82) is 5.26 Å². The van der Waals surface area contributed by atoms with E-state index in [0.717, 1.165) is 12.1 Å². The molecule has 0 aliphatic heterocycles. The maximum Gasteiger partial charge on any atom is 0.416 e. The first-order valence-corrected chi connectivity index (χ1v) is 5.63. The number of aromatic amines is 1. The van der Waals surface area contributed by atoms with Gasteiger partial charge in [-0.15, -0.1) is 0 Å². The summed E-state index contributed by atoms with van der Waals surface area (Å²) in [6, 6.07) is 9.78. The van der Waals surface area contributed by atoms with Crippen molar-refractivity contribution in [2.24, 2.45) is 0 Å². The number of H-pyrrole nitrogens is 1. The monoisotopic (exact) mass is 280 g/mol. The predicted octanol–water partition coefficient (Wildman–Crippen LogP) is 4.30. The summed E-state index contributed by atoms with van der Waals surface area (Å²) in [6.45, 7) is 0. The Morgan fingerprint density at radius 3 is 2.16 bits per heavy atom. The third-order valence-electron chi connectivity index (χ3n) is 2.55. The molecule has 0 spiro atoms. The van der Waals surface area contributed by atoms with Gasteiger partial charge in [0.2, 0.25) is 0 Å². The topological polar surface area (TPSA) is 39.6 Å². The van der Waals surface area contributed by atoms with Gasteiger partial charge in [0.05, 0.1) is 11.1 Å². The molecule has 1 aromatic carbocycles. The Morgan fingerprint density at radius 2 is 1.68 bits per heavy atom. The Hall–Kier alpha value is -2.13. The summed E-state index contributed by atoms with van der Waals surface area (Å²) in [5, 5.41) is 8.74. The molecule has 0 radical (unpaired) electrons. The third-order valence-corrected chi connectivity index (χ3v) is 2.88. The Bertz CT molecular complexity index is 694. The molecule has 2 nitrogen and oxygen atoms in total. The molecule has 1 heterocycles. The Balaban J connectivity index is 2.41. The van der Waals surface area contributed by atoms with E-state index in [4.69, 9.17) is 17.5 Å². The molecule has 0 unspecified atom stereocenters. The lowest BCUT2D eigenvalue weighted by Crippen LogP contribution is -2.04. The molecule has 1 N–H and O–H groups in total. The van der Waals surface area contributed by atoms with Crippen LogP contribution >= 0.6 is 12.2 Å². The third kappa shape index (κ3) is 2.83. The van der Waals surface area contributed by atoms with Crippen molar-refractivity contribution < 1.29 is 13.2 Å². The van der Waals surface area contributed by atoms with Gasteiger partial charge in [-0.2, -0.15) is 18.4 Å². The fraction of sp³-hybridized carbons (Fsp3) is 0.0769. The maximum atomic E-state index is 12.4. The molecule has 96 valence electrons. The average molecular weight is 280 g/mol. The summed E-state index contributed by atoms with van der Waals surface area (Å²) >= 11 is 4.97. The van der Waals surface area contributed by atoms with Crippen molar-refractivity contribution in [2.75, 3.05) is 0 Å². The molecule has 0 fully saturated rings. The number of alkyl halides is 3. The van der Waals surface area contributed by atoms with Crippen molar-refractivity contribution in [2.45, 2.75) is 6.18 Å². The van der Waals surface area contributed by atoms with Crippen LogP contribution in [-0.4, -0.2) is 4.98 Å². The van der Waals surface area contributed by atoms with Crippen LogP contribution in [0.15, 0.2) is 36.4 Å². The minimum absolute atomic E-state index is 0.264. The summed E-state index contributed by atoms with van der Waals surface area (Å²) in [5.74, 6) is 0. The second-order valence-electron chi connectivity index (χ2n) is 3.80. The smallest absolute Gasteiger partial charge is 0.345 e. The molecule has 0 bridgehead atoms. The number of rotatable bonds is 1. The largest absolute Gasteiger partial charge is 0.416 e. The van der Waals surface area contributed by atoms with Crippen molar-refractivity contribution in [3.63, 3.8) is 0 Å². The number of pyridine rings is 1. The van der Waals surface area contributed by atoms with E-state index in [0.29, 0.717) is 16.8 Å². The molecule has 2 aromatic rings. The van der Waals surface area contributed by atoms with E-state index in [1.54, 1.807) is 6.07 Å². The highest BCUT2D eigenvalue weighted by Gasteiger charge is 2.29. The summed E-state index contributed by atoms with van der Waals surface area (Å²) in [5.41, 5.74) is 0.760. The molecular formula is C13H7F3N2S. The molecule has 19 heavy (non-hydrogen) atoms. The van der Waals surface area contributed by atoms with Crippen LogP contribution in [-0.2, 0) is 6.18 Å². The first-order valence-electron chi connectivity index (χ1n) is 5.23. The zero-order valence-electron chi connectivity index (χ0n) is 9.45. The lowest BCUT2D eigenvalue weighted by Gasteiger charge is -2.08. The number of nitrogens with zero attached hydrogens (tertiary/aromatic N) is 1. The number of hydrogen-bond donors (Lipinski definition) is 1. The minimum Gasteiger partial charge on any atom is -0.345 e. The van der Waals surface area contributed by atoms with Gasteiger partial charge in [0.25, 0.3) is 0 Å². The molecule has 0 saturated carbocycles. The van der Waals surface area contributed by atoms with E-state index in [1.807, 2.05) is 6.07 Å². The maximum absolute atomic E-state index is 12.4. The fourth-order valence-corrected chi connectivity index (χ4v) is 1.79. The standard InChI is InChI=1S/C13H7F3N2S/c14-13(15,16)10-4-1-8(2-5-10)11-6-3-9(7-17)12(19)18-11/h1-6H,(H,18,19). The number of aromatic nitrogens is 1.